The summed E-state index contributed by atoms with van der Waals surface area (Å²) >= 11 is 0. The molecule has 6 nitrogen and oxygen atoms in total. The smallest absolute Gasteiger partial charge is 0.253 e. The molecule has 2 aromatic carbocycles. The lowest BCUT2D eigenvalue weighted by Crippen LogP contribution is -2.48. The van der Waals surface area contributed by atoms with Crippen molar-refractivity contribution in [2.24, 2.45) is 0 Å². The highest BCUT2D eigenvalue weighted by Crippen LogP contribution is 2.28. The molecule has 0 N–H and O–H groups in total. The molecule has 0 unspecified atom stereocenters. The third kappa shape index (κ3) is 6.50. The van der Waals surface area contributed by atoms with Crippen LogP contribution in [0.15, 0.2) is 67.3 Å². The molecule has 2 amide bonds. The molecule has 1 heterocycles. The minimum Gasteiger partial charge on any atom is -0.493 e. The number of hydrogen-bond donors (Lipinski definition) is 0. The molecule has 1 aliphatic rings. The van der Waals surface area contributed by atoms with Gasteiger partial charge in [-0.05, 0) is 55.2 Å². The standard InChI is InChI=1S/C28H34N2O4/c1-4-17-30(24-15-18-29(19-16-24)28(32)23-9-7-6-8-10-23)27(31)14-12-22-11-13-25(34-20-5-2)26(21-22)33-3/h5-14,21,24H,2,4,15-20H2,1,3H3/b14-12+. The van der Waals surface area contributed by atoms with E-state index in [1.807, 2.05) is 58.3 Å². The maximum Gasteiger partial charge on any atom is 0.253 e. The molecule has 34 heavy (non-hydrogen) atoms. The van der Waals surface area contributed by atoms with Crippen molar-refractivity contribution in [1.29, 1.82) is 0 Å². The topological polar surface area (TPSA) is 59.1 Å². The second-order valence-electron chi connectivity index (χ2n) is 8.26. The van der Waals surface area contributed by atoms with Gasteiger partial charge in [0.15, 0.2) is 11.5 Å². The van der Waals surface area contributed by atoms with Gasteiger partial charge in [-0.25, -0.2) is 0 Å². The molecule has 0 saturated carbocycles. The summed E-state index contributed by atoms with van der Waals surface area (Å²) in [6.45, 7) is 8.12. The van der Waals surface area contributed by atoms with Crippen LogP contribution in [-0.2, 0) is 4.79 Å². The van der Waals surface area contributed by atoms with E-state index in [4.69, 9.17) is 9.47 Å². The van der Waals surface area contributed by atoms with Crippen LogP contribution in [0.4, 0.5) is 0 Å². The van der Waals surface area contributed by atoms with Crippen LogP contribution in [0.1, 0.15) is 42.1 Å². The first-order valence-corrected chi connectivity index (χ1v) is 11.8. The highest BCUT2D eigenvalue weighted by molar-refractivity contribution is 5.94. The van der Waals surface area contributed by atoms with Crippen molar-refractivity contribution < 1.29 is 19.1 Å². The third-order valence-corrected chi connectivity index (χ3v) is 5.92. The summed E-state index contributed by atoms with van der Waals surface area (Å²) in [7, 11) is 1.59. The van der Waals surface area contributed by atoms with Crippen LogP contribution in [0, 0.1) is 0 Å². The van der Waals surface area contributed by atoms with E-state index in [-0.39, 0.29) is 17.9 Å². The Morgan fingerprint density at radius 3 is 2.50 bits per heavy atom. The molecular weight excluding hydrogens is 428 g/mol. The Labute approximate surface area is 202 Å². The largest absolute Gasteiger partial charge is 0.493 e. The van der Waals surface area contributed by atoms with E-state index in [2.05, 4.69) is 13.5 Å². The molecule has 0 aliphatic carbocycles. The van der Waals surface area contributed by atoms with Gasteiger partial charge in [0.25, 0.3) is 5.91 Å². The van der Waals surface area contributed by atoms with Crippen molar-refractivity contribution in [3.05, 3.63) is 78.4 Å². The summed E-state index contributed by atoms with van der Waals surface area (Å²) in [6.07, 6.45) is 7.54. The minimum absolute atomic E-state index is 0.0133. The number of nitrogens with zero attached hydrogens (tertiary/aromatic N) is 2. The van der Waals surface area contributed by atoms with Crippen LogP contribution >= 0.6 is 0 Å². The number of ether oxygens (including phenoxy) is 2. The van der Waals surface area contributed by atoms with E-state index in [1.165, 1.54) is 0 Å². The maximum absolute atomic E-state index is 13.1. The third-order valence-electron chi connectivity index (χ3n) is 5.92. The molecule has 1 saturated heterocycles. The van der Waals surface area contributed by atoms with Crippen LogP contribution in [-0.4, -0.2) is 61.0 Å². The molecule has 0 spiro atoms. The number of amides is 2. The molecule has 1 aliphatic heterocycles. The Morgan fingerprint density at radius 2 is 1.85 bits per heavy atom. The van der Waals surface area contributed by atoms with Gasteiger partial charge in [0.2, 0.25) is 5.91 Å². The number of carbonyl (C=O) groups is 2. The van der Waals surface area contributed by atoms with E-state index in [1.54, 1.807) is 25.3 Å². The number of methoxy groups -OCH3 is 1. The van der Waals surface area contributed by atoms with Gasteiger partial charge < -0.3 is 19.3 Å². The quantitative estimate of drug-likeness (QED) is 0.375. The summed E-state index contributed by atoms with van der Waals surface area (Å²) in [6, 6.07) is 15.1. The number of benzene rings is 2. The summed E-state index contributed by atoms with van der Waals surface area (Å²) in [5, 5.41) is 0. The fraction of sp³-hybridized carbons (Fsp3) is 0.357. The zero-order chi connectivity index (χ0) is 24.3. The Morgan fingerprint density at radius 1 is 1.12 bits per heavy atom. The Kier molecular flexibility index (Phi) is 9.32. The van der Waals surface area contributed by atoms with E-state index >= 15 is 0 Å². The number of carbonyl (C=O) groups excluding carboxylic acids is 2. The van der Waals surface area contributed by atoms with Gasteiger partial charge in [-0.3, -0.25) is 9.59 Å². The van der Waals surface area contributed by atoms with Crippen molar-refractivity contribution in [3.8, 4) is 11.5 Å². The van der Waals surface area contributed by atoms with Gasteiger partial charge in [-0.15, -0.1) is 0 Å². The van der Waals surface area contributed by atoms with Crippen molar-refractivity contribution in [1.82, 2.24) is 9.80 Å². The van der Waals surface area contributed by atoms with Crippen molar-refractivity contribution in [2.45, 2.75) is 32.2 Å². The van der Waals surface area contributed by atoms with Crippen LogP contribution in [0.3, 0.4) is 0 Å². The Bertz CT molecular complexity index is 995. The monoisotopic (exact) mass is 462 g/mol. The van der Waals surface area contributed by atoms with Crippen LogP contribution in [0.5, 0.6) is 11.5 Å². The summed E-state index contributed by atoms with van der Waals surface area (Å²) in [4.78, 5) is 29.7. The molecular formula is C28H34N2O4. The first-order valence-electron chi connectivity index (χ1n) is 11.8. The van der Waals surface area contributed by atoms with Gasteiger partial charge >= 0.3 is 0 Å². The first-order chi connectivity index (χ1) is 16.6. The summed E-state index contributed by atoms with van der Waals surface area (Å²) in [5.74, 6) is 1.29. The van der Waals surface area contributed by atoms with Gasteiger partial charge in [0.1, 0.15) is 6.61 Å². The summed E-state index contributed by atoms with van der Waals surface area (Å²) in [5.41, 5.74) is 1.57. The van der Waals surface area contributed by atoms with Gasteiger partial charge in [0.05, 0.1) is 7.11 Å². The number of piperidine rings is 1. The van der Waals surface area contributed by atoms with Crippen molar-refractivity contribution in [3.63, 3.8) is 0 Å². The highest BCUT2D eigenvalue weighted by atomic mass is 16.5. The van der Waals surface area contributed by atoms with Crippen molar-refractivity contribution in [2.75, 3.05) is 33.4 Å². The molecule has 2 aromatic rings. The predicted molar refractivity (Wildman–Crippen MR) is 135 cm³/mol. The zero-order valence-electron chi connectivity index (χ0n) is 20.1. The minimum atomic E-state index is -0.0133. The molecule has 0 atom stereocenters. The molecule has 0 aromatic heterocycles. The number of rotatable bonds is 10. The normalized spacial score (nSPS) is 14.1. The Balaban J connectivity index is 1.63. The van der Waals surface area contributed by atoms with Gasteiger partial charge in [0, 0.05) is 37.3 Å². The number of hydrogen-bond acceptors (Lipinski definition) is 4. The van der Waals surface area contributed by atoms with E-state index in [0.29, 0.717) is 43.3 Å². The fourth-order valence-electron chi connectivity index (χ4n) is 4.18. The molecule has 3 rings (SSSR count). The molecule has 1 fully saturated rings. The first kappa shape index (κ1) is 25.1. The van der Waals surface area contributed by atoms with E-state index < -0.39 is 0 Å². The summed E-state index contributed by atoms with van der Waals surface area (Å²) < 4.78 is 11.0. The lowest BCUT2D eigenvalue weighted by Gasteiger charge is -2.38. The molecule has 0 bridgehead atoms. The highest BCUT2D eigenvalue weighted by Gasteiger charge is 2.28. The lowest BCUT2D eigenvalue weighted by atomic mass is 10.0. The maximum atomic E-state index is 13.1. The predicted octanol–water partition coefficient (Wildman–Crippen LogP) is 4.82. The second kappa shape index (κ2) is 12.6. The van der Waals surface area contributed by atoms with Crippen molar-refractivity contribution >= 4 is 17.9 Å². The SMILES string of the molecule is C=CCOc1ccc(/C=C/C(=O)N(CCC)C2CCN(C(=O)c3ccccc3)CC2)cc1OC. The molecule has 180 valence electrons. The Hall–Kier alpha value is -3.54. The van der Waals surface area contributed by atoms with E-state index in [9.17, 15) is 9.59 Å². The van der Waals surface area contributed by atoms with Crippen LogP contribution in [0.2, 0.25) is 0 Å². The second-order valence-corrected chi connectivity index (χ2v) is 8.26. The fourth-order valence-corrected chi connectivity index (χ4v) is 4.18. The average molecular weight is 463 g/mol. The van der Waals surface area contributed by atoms with Gasteiger partial charge in [-0.1, -0.05) is 43.8 Å². The van der Waals surface area contributed by atoms with Crippen LogP contribution < -0.4 is 9.47 Å². The molecule has 6 heteroatoms. The van der Waals surface area contributed by atoms with Crippen LogP contribution in [0.25, 0.3) is 6.08 Å². The van der Waals surface area contributed by atoms with Gasteiger partial charge in [-0.2, -0.15) is 0 Å². The zero-order valence-corrected chi connectivity index (χ0v) is 20.1. The number of likely N-dealkylation sites (tertiary alicyclic amines) is 1. The molecule has 0 radical (unpaired) electrons. The van der Waals surface area contributed by atoms with E-state index in [0.717, 1.165) is 24.8 Å². The average Bonchev–Trinajstić information content (AvgIpc) is 2.89. The lowest BCUT2D eigenvalue weighted by molar-refractivity contribution is -0.129.